The standard InChI is InChI=1S/C20H18N4O2/c1-23-16(19(25)21-11-10-14-7-3-2-4-8-14)13-15-18(23)22-17-9-5-6-12-24(17)20(15)26/h2-9,12-13H,10-11H2,1H3,(H,21,25). The SMILES string of the molecule is Cn1c(C(=O)NCCc2ccccc2)cc2c(=O)n3ccccc3nc21. The number of benzene rings is 1. The van der Waals surface area contributed by atoms with Gasteiger partial charge < -0.3 is 9.88 Å². The minimum absolute atomic E-state index is 0.176. The van der Waals surface area contributed by atoms with Gasteiger partial charge in [-0.1, -0.05) is 36.4 Å². The molecule has 0 saturated carbocycles. The summed E-state index contributed by atoms with van der Waals surface area (Å²) < 4.78 is 3.15. The zero-order valence-corrected chi connectivity index (χ0v) is 14.3. The quantitative estimate of drug-likeness (QED) is 0.616. The molecule has 0 atom stereocenters. The van der Waals surface area contributed by atoms with Crippen LogP contribution in [-0.2, 0) is 13.5 Å². The van der Waals surface area contributed by atoms with Crippen LogP contribution in [0.5, 0.6) is 0 Å². The third kappa shape index (κ3) is 2.75. The highest BCUT2D eigenvalue weighted by atomic mass is 16.2. The lowest BCUT2D eigenvalue weighted by atomic mass is 10.1. The molecule has 4 aromatic rings. The van der Waals surface area contributed by atoms with Crippen LogP contribution in [0.2, 0.25) is 0 Å². The number of aromatic nitrogens is 3. The molecule has 6 heteroatoms. The van der Waals surface area contributed by atoms with E-state index in [0.29, 0.717) is 28.9 Å². The molecule has 3 aromatic heterocycles. The van der Waals surface area contributed by atoms with E-state index in [1.54, 1.807) is 36.0 Å². The minimum atomic E-state index is -0.213. The Kier molecular flexibility index (Phi) is 4.01. The normalized spacial score (nSPS) is 11.1. The van der Waals surface area contributed by atoms with Crippen molar-refractivity contribution in [2.75, 3.05) is 6.54 Å². The van der Waals surface area contributed by atoms with E-state index in [9.17, 15) is 9.59 Å². The summed E-state index contributed by atoms with van der Waals surface area (Å²) in [5.74, 6) is -0.213. The van der Waals surface area contributed by atoms with Crippen molar-refractivity contribution < 1.29 is 4.79 Å². The number of hydrogen-bond donors (Lipinski definition) is 1. The lowest BCUT2D eigenvalue weighted by Crippen LogP contribution is -2.27. The van der Waals surface area contributed by atoms with E-state index >= 15 is 0 Å². The average molecular weight is 346 g/mol. The molecule has 1 amide bonds. The van der Waals surface area contributed by atoms with Crippen molar-refractivity contribution in [3.8, 4) is 0 Å². The van der Waals surface area contributed by atoms with Crippen molar-refractivity contribution in [1.29, 1.82) is 0 Å². The van der Waals surface area contributed by atoms with Crippen LogP contribution in [0.15, 0.2) is 65.6 Å². The van der Waals surface area contributed by atoms with Crippen LogP contribution < -0.4 is 10.9 Å². The maximum Gasteiger partial charge on any atom is 0.267 e. The fourth-order valence-corrected chi connectivity index (χ4v) is 3.09. The fraction of sp³-hybridized carbons (Fsp3) is 0.150. The Bertz CT molecular complexity index is 1160. The Hall–Kier alpha value is -3.41. The number of nitrogens with zero attached hydrogens (tertiary/aromatic N) is 3. The molecule has 1 aromatic carbocycles. The van der Waals surface area contributed by atoms with Crippen molar-refractivity contribution in [3.05, 3.63) is 82.4 Å². The van der Waals surface area contributed by atoms with Crippen molar-refractivity contribution in [2.45, 2.75) is 6.42 Å². The highest BCUT2D eigenvalue weighted by Crippen LogP contribution is 2.14. The van der Waals surface area contributed by atoms with Crippen molar-refractivity contribution in [3.63, 3.8) is 0 Å². The molecule has 6 nitrogen and oxygen atoms in total. The first-order chi connectivity index (χ1) is 12.6. The van der Waals surface area contributed by atoms with E-state index in [2.05, 4.69) is 10.3 Å². The van der Waals surface area contributed by atoms with Gasteiger partial charge in [0.2, 0.25) is 0 Å². The van der Waals surface area contributed by atoms with Crippen LogP contribution >= 0.6 is 0 Å². The number of rotatable bonds is 4. The summed E-state index contributed by atoms with van der Waals surface area (Å²) in [5, 5.41) is 3.35. The molecule has 0 aliphatic rings. The molecular weight excluding hydrogens is 328 g/mol. The number of pyridine rings is 1. The van der Waals surface area contributed by atoms with E-state index in [1.165, 1.54) is 4.40 Å². The number of aryl methyl sites for hydroxylation is 1. The number of fused-ring (bicyclic) bond motifs is 2. The molecule has 3 heterocycles. The number of amides is 1. The highest BCUT2D eigenvalue weighted by molar-refractivity contribution is 5.98. The molecule has 4 rings (SSSR count). The van der Waals surface area contributed by atoms with Gasteiger partial charge in [-0.15, -0.1) is 0 Å². The zero-order valence-electron chi connectivity index (χ0n) is 14.3. The van der Waals surface area contributed by atoms with Gasteiger partial charge in [0.1, 0.15) is 17.0 Å². The van der Waals surface area contributed by atoms with Crippen molar-refractivity contribution in [1.82, 2.24) is 19.3 Å². The van der Waals surface area contributed by atoms with Crippen LogP contribution in [0.4, 0.5) is 0 Å². The number of carbonyl (C=O) groups is 1. The van der Waals surface area contributed by atoms with Gasteiger partial charge in [0.25, 0.3) is 11.5 Å². The fourth-order valence-electron chi connectivity index (χ4n) is 3.09. The van der Waals surface area contributed by atoms with Gasteiger partial charge in [0.05, 0.1) is 5.39 Å². The van der Waals surface area contributed by atoms with Crippen LogP contribution in [-0.4, -0.2) is 26.4 Å². The summed E-state index contributed by atoms with van der Waals surface area (Å²) >= 11 is 0. The first-order valence-electron chi connectivity index (χ1n) is 8.44. The molecule has 0 spiro atoms. The molecule has 0 radical (unpaired) electrons. The Labute approximate surface area is 149 Å². The predicted molar refractivity (Wildman–Crippen MR) is 100 cm³/mol. The largest absolute Gasteiger partial charge is 0.350 e. The maximum absolute atomic E-state index is 12.7. The Balaban J connectivity index is 1.63. The number of nitrogens with one attached hydrogen (secondary N) is 1. The Morgan fingerprint density at radius 1 is 1.12 bits per heavy atom. The first kappa shape index (κ1) is 16.1. The van der Waals surface area contributed by atoms with E-state index in [4.69, 9.17) is 0 Å². The summed E-state index contributed by atoms with van der Waals surface area (Å²) in [6.07, 6.45) is 2.43. The minimum Gasteiger partial charge on any atom is -0.350 e. The summed E-state index contributed by atoms with van der Waals surface area (Å²) in [4.78, 5) is 29.7. The Morgan fingerprint density at radius 2 is 1.88 bits per heavy atom. The molecule has 0 saturated heterocycles. The second-order valence-corrected chi connectivity index (χ2v) is 6.16. The summed E-state index contributed by atoms with van der Waals surface area (Å²) in [5.41, 5.74) is 2.48. The van der Waals surface area contributed by atoms with E-state index in [1.807, 2.05) is 36.4 Å². The lowest BCUT2D eigenvalue weighted by molar-refractivity contribution is 0.0946. The molecule has 1 N–H and O–H groups in total. The second kappa shape index (κ2) is 6.48. The number of carbonyl (C=O) groups excluding carboxylic acids is 1. The van der Waals surface area contributed by atoms with Gasteiger partial charge in [-0.25, -0.2) is 4.98 Å². The third-order valence-electron chi connectivity index (χ3n) is 4.48. The molecular formula is C20H18N4O2. The van der Waals surface area contributed by atoms with Gasteiger partial charge in [-0.3, -0.25) is 14.0 Å². The predicted octanol–water partition coefficient (Wildman–Crippen LogP) is 2.16. The van der Waals surface area contributed by atoms with Crippen LogP contribution in [0, 0.1) is 0 Å². The smallest absolute Gasteiger partial charge is 0.267 e. The van der Waals surface area contributed by atoms with E-state index in [-0.39, 0.29) is 11.5 Å². The second-order valence-electron chi connectivity index (χ2n) is 6.16. The zero-order chi connectivity index (χ0) is 18.1. The topological polar surface area (TPSA) is 68.4 Å². The average Bonchev–Trinajstić information content (AvgIpc) is 3.00. The molecule has 0 unspecified atom stereocenters. The van der Waals surface area contributed by atoms with Crippen LogP contribution in [0.1, 0.15) is 16.1 Å². The van der Waals surface area contributed by atoms with Gasteiger partial charge in [0.15, 0.2) is 0 Å². The number of hydrogen-bond acceptors (Lipinski definition) is 3. The van der Waals surface area contributed by atoms with Gasteiger partial charge in [-0.2, -0.15) is 0 Å². The lowest BCUT2D eigenvalue weighted by Gasteiger charge is -2.06. The molecule has 0 fully saturated rings. The van der Waals surface area contributed by atoms with Crippen LogP contribution in [0.25, 0.3) is 16.7 Å². The molecule has 0 bridgehead atoms. The monoisotopic (exact) mass is 346 g/mol. The van der Waals surface area contributed by atoms with Crippen molar-refractivity contribution >= 4 is 22.6 Å². The summed E-state index contributed by atoms with van der Waals surface area (Å²) in [6.45, 7) is 0.527. The molecule has 130 valence electrons. The Morgan fingerprint density at radius 3 is 2.69 bits per heavy atom. The molecule has 0 aliphatic heterocycles. The van der Waals surface area contributed by atoms with E-state index in [0.717, 1.165) is 12.0 Å². The molecule has 0 aliphatic carbocycles. The van der Waals surface area contributed by atoms with Gasteiger partial charge in [-0.05, 0) is 30.2 Å². The van der Waals surface area contributed by atoms with Gasteiger partial charge in [0, 0.05) is 19.8 Å². The van der Waals surface area contributed by atoms with Crippen molar-refractivity contribution in [2.24, 2.45) is 7.05 Å². The third-order valence-corrected chi connectivity index (χ3v) is 4.48. The summed E-state index contributed by atoms with van der Waals surface area (Å²) in [6, 6.07) is 17.0. The summed E-state index contributed by atoms with van der Waals surface area (Å²) in [7, 11) is 1.75. The van der Waals surface area contributed by atoms with Crippen LogP contribution in [0.3, 0.4) is 0 Å². The highest BCUT2D eigenvalue weighted by Gasteiger charge is 2.17. The first-order valence-corrected chi connectivity index (χ1v) is 8.44. The maximum atomic E-state index is 12.7. The molecule has 26 heavy (non-hydrogen) atoms. The van der Waals surface area contributed by atoms with Gasteiger partial charge >= 0.3 is 0 Å². The van der Waals surface area contributed by atoms with E-state index < -0.39 is 0 Å².